The number of thioether (sulfide) groups is 1. The van der Waals surface area contributed by atoms with Crippen molar-refractivity contribution >= 4 is 44.9 Å². The largest absolute Gasteiger partial charge is 0.483 e. The van der Waals surface area contributed by atoms with Gasteiger partial charge in [0.15, 0.2) is 5.05 Å². The number of pyridine rings is 1. The molecule has 126 valence electrons. The van der Waals surface area contributed by atoms with Gasteiger partial charge in [-0.25, -0.2) is 0 Å². The molecule has 0 aliphatic rings. The molecule has 0 unspecified atom stereocenters. The van der Waals surface area contributed by atoms with Gasteiger partial charge in [0, 0.05) is 28.4 Å². The molecule has 0 saturated heterocycles. The molecule has 0 amide bonds. The molecule has 0 aliphatic carbocycles. The van der Waals surface area contributed by atoms with E-state index in [1.165, 1.54) is 0 Å². The first-order chi connectivity index (χ1) is 12.2. The van der Waals surface area contributed by atoms with Gasteiger partial charge in [0.2, 0.25) is 5.12 Å². The number of rotatable bonds is 5. The predicted octanol–water partition coefficient (Wildman–Crippen LogP) is 5.27. The van der Waals surface area contributed by atoms with Gasteiger partial charge in [-0.3, -0.25) is 9.78 Å². The molecule has 1 heterocycles. The van der Waals surface area contributed by atoms with Crippen LogP contribution >= 0.6 is 24.0 Å². The van der Waals surface area contributed by atoms with Crippen LogP contribution in [0.2, 0.25) is 0 Å². The van der Waals surface area contributed by atoms with Crippen molar-refractivity contribution in [1.29, 1.82) is 0 Å². The summed E-state index contributed by atoms with van der Waals surface area (Å²) in [7, 11) is 0. The fraction of sp³-hybridized carbons (Fsp3) is 0.150. The van der Waals surface area contributed by atoms with Gasteiger partial charge in [-0.15, -0.1) is 0 Å². The summed E-state index contributed by atoms with van der Waals surface area (Å²) < 4.78 is 5.65. The Morgan fingerprint density at radius 1 is 1.16 bits per heavy atom. The van der Waals surface area contributed by atoms with Gasteiger partial charge >= 0.3 is 0 Å². The van der Waals surface area contributed by atoms with Crippen LogP contribution in [0.25, 0.3) is 10.8 Å². The van der Waals surface area contributed by atoms with Crippen molar-refractivity contribution in [2.75, 3.05) is 6.61 Å². The third-order valence-electron chi connectivity index (χ3n) is 3.60. The van der Waals surface area contributed by atoms with E-state index in [2.05, 4.69) is 4.98 Å². The van der Waals surface area contributed by atoms with Crippen molar-refractivity contribution in [2.45, 2.75) is 18.2 Å². The van der Waals surface area contributed by atoms with Gasteiger partial charge in [-0.2, -0.15) is 0 Å². The third-order valence-corrected chi connectivity index (χ3v) is 4.92. The summed E-state index contributed by atoms with van der Waals surface area (Å²) in [4.78, 5) is 17.4. The Morgan fingerprint density at radius 3 is 2.60 bits per heavy atom. The lowest BCUT2D eigenvalue weighted by Crippen LogP contribution is -2.07. The molecule has 0 fully saturated rings. The number of hydrogen-bond acceptors (Lipinski definition) is 5. The van der Waals surface area contributed by atoms with Crippen LogP contribution in [0.5, 0.6) is 0 Å². The SMILES string of the molecule is CCCOC(=S)c1cc2ccccc2cc1SC(=O)c1cccnc1. The molecule has 1 aromatic heterocycles. The first kappa shape index (κ1) is 17.6. The summed E-state index contributed by atoms with van der Waals surface area (Å²) in [6.07, 6.45) is 4.10. The molecule has 2 aromatic carbocycles. The van der Waals surface area contributed by atoms with Gasteiger partial charge in [0.25, 0.3) is 0 Å². The molecule has 0 N–H and O–H groups in total. The molecule has 3 aromatic rings. The number of benzene rings is 2. The van der Waals surface area contributed by atoms with Crippen LogP contribution in [-0.2, 0) is 4.74 Å². The minimum atomic E-state index is -0.0667. The van der Waals surface area contributed by atoms with E-state index in [1.54, 1.807) is 24.5 Å². The highest BCUT2D eigenvalue weighted by Gasteiger charge is 2.16. The van der Waals surface area contributed by atoms with Crippen molar-refractivity contribution in [3.8, 4) is 0 Å². The highest BCUT2D eigenvalue weighted by atomic mass is 32.2. The Labute approximate surface area is 156 Å². The summed E-state index contributed by atoms with van der Waals surface area (Å²) in [5, 5.41) is 2.49. The zero-order valence-electron chi connectivity index (χ0n) is 13.8. The Hall–Kier alpha value is -2.24. The standard InChI is InChI=1S/C20H17NO2S2/c1-2-10-23-20(24)17-11-14-6-3-4-7-15(14)12-18(17)25-19(22)16-8-5-9-21-13-16/h3-9,11-13H,2,10H2,1H3. The van der Waals surface area contributed by atoms with Gasteiger partial charge in [0.1, 0.15) is 0 Å². The molecular weight excluding hydrogens is 350 g/mol. The number of aromatic nitrogens is 1. The summed E-state index contributed by atoms with van der Waals surface area (Å²) in [6.45, 7) is 2.59. The lowest BCUT2D eigenvalue weighted by atomic mass is 10.1. The molecule has 0 atom stereocenters. The second-order valence-corrected chi connectivity index (χ2v) is 6.85. The van der Waals surface area contributed by atoms with Gasteiger partial charge in [-0.1, -0.05) is 31.2 Å². The van der Waals surface area contributed by atoms with Crippen LogP contribution in [0.15, 0.2) is 65.8 Å². The first-order valence-corrected chi connectivity index (χ1v) is 9.23. The molecule has 0 bridgehead atoms. The molecule has 0 aliphatic heterocycles. The lowest BCUT2D eigenvalue weighted by molar-refractivity contribution is 0.108. The second-order valence-electron chi connectivity index (χ2n) is 5.46. The fourth-order valence-corrected chi connectivity index (χ4v) is 3.58. The van der Waals surface area contributed by atoms with Gasteiger partial charge < -0.3 is 4.74 Å². The maximum Gasteiger partial charge on any atom is 0.225 e. The van der Waals surface area contributed by atoms with E-state index in [-0.39, 0.29) is 5.12 Å². The van der Waals surface area contributed by atoms with Crippen LogP contribution in [0.3, 0.4) is 0 Å². The topological polar surface area (TPSA) is 39.2 Å². The van der Waals surface area contributed by atoms with E-state index in [1.807, 2.05) is 43.3 Å². The lowest BCUT2D eigenvalue weighted by Gasteiger charge is -2.12. The van der Waals surface area contributed by atoms with Crippen LogP contribution in [-0.4, -0.2) is 21.8 Å². The third kappa shape index (κ3) is 4.24. The number of hydrogen-bond donors (Lipinski definition) is 0. The maximum atomic E-state index is 12.6. The fourth-order valence-electron chi connectivity index (χ4n) is 2.38. The van der Waals surface area contributed by atoms with E-state index in [0.717, 1.165) is 39.4 Å². The highest BCUT2D eigenvalue weighted by molar-refractivity contribution is 8.14. The van der Waals surface area contributed by atoms with Crippen LogP contribution in [0.1, 0.15) is 29.3 Å². The summed E-state index contributed by atoms with van der Waals surface area (Å²) in [6, 6.07) is 15.5. The first-order valence-electron chi connectivity index (χ1n) is 8.01. The van der Waals surface area contributed by atoms with E-state index in [4.69, 9.17) is 17.0 Å². The smallest absolute Gasteiger partial charge is 0.225 e. The van der Waals surface area contributed by atoms with Crippen LogP contribution < -0.4 is 0 Å². The van der Waals surface area contributed by atoms with E-state index < -0.39 is 0 Å². The van der Waals surface area contributed by atoms with Gasteiger partial charge in [-0.05, 0) is 65.4 Å². The number of fused-ring (bicyclic) bond motifs is 1. The Balaban J connectivity index is 1.99. The van der Waals surface area contributed by atoms with Crippen molar-refractivity contribution in [3.63, 3.8) is 0 Å². The monoisotopic (exact) mass is 367 g/mol. The molecule has 5 heteroatoms. The quantitative estimate of drug-likeness (QED) is 0.454. The average molecular weight is 367 g/mol. The predicted molar refractivity (Wildman–Crippen MR) is 106 cm³/mol. The van der Waals surface area contributed by atoms with E-state index >= 15 is 0 Å². The molecule has 0 radical (unpaired) electrons. The minimum Gasteiger partial charge on any atom is -0.483 e. The molecule has 3 nitrogen and oxygen atoms in total. The summed E-state index contributed by atoms with van der Waals surface area (Å²) in [5.74, 6) is 0. The number of ether oxygens (including phenoxy) is 1. The number of carbonyl (C=O) groups is 1. The number of carbonyl (C=O) groups excluding carboxylic acids is 1. The number of nitrogens with zero attached hydrogens (tertiary/aromatic N) is 1. The normalized spacial score (nSPS) is 10.6. The van der Waals surface area contributed by atoms with Crippen molar-refractivity contribution in [2.24, 2.45) is 0 Å². The average Bonchev–Trinajstić information content (AvgIpc) is 2.66. The molecule has 0 saturated carbocycles. The van der Waals surface area contributed by atoms with Gasteiger partial charge in [0.05, 0.1) is 6.61 Å². The van der Waals surface area contributed by atoms with Crippen molar-refractivity contribution < 1.29 is 9.53 Å². The maximum absolute atomic E-state index is 12.6. The molecule has 25 heavy (non-hydrogen) atoms. The summed E-state index contributed by atoms with van der Waals surface area (Å²) in [5.41, 5.74) is 1.34. The van der Waals surface area contributed by atoms with E-state index in [9.17, 15) is 4.79 Å². The highest BCUT2D eigenvalue weighted by Crippen LogP contribution is 2.31. The van der Waals surface area contributed by atoms with Crippen molar-refractivity contribution in [1.82, 2.24) is 4.98 Å². The van der Waals surface area contributed by atoms with Crippen LogP contribution in [0, 0.1) is 0 Å². The molecular formula is C20H17NO2S2. The molecule has 0 spiro atoms. The Morgan fingerprint density at radius 2 is 1.92 bits per heavy atom. The summed E-state index contributed by atoms with van der Waals surface area (Å²) >= 11 is 6.60. The Kier molecular flexibility index (Phi) is 5.79. The van der Waals surface area contributed by atoms with E-state index in [0.29, 0.717) is 17.2 Å². The Bertz CT molecular complexity index is 910. The number of thiocarbonyl (C=S) groups is 1. The van der Waals surface area contributed by atoms with Crippen molar-refractivity contribution in [3.05, 3.63) is 72.1 Å². The molecule has 3 rings (SSSR count). The second kappa shape index (κ2) is 8.23. The minimum absolute atomic E-state index is 0.0667. The zero-order chi connectivity index (χ0) is 17.6. The zero-order valence-corrected chi connectivity index (χ0v) is 15.4. The van der Waals surface area contributed by atoms with Crippen LogP contribution in [0.4, 0.5) is 0 Å².